The van der Waals surface area contributed by atoms with Crippen LogP contribution in [0, 0.1) is 5.92 Å². The Morgan fingerprint density at radius 1 is 0.895 bits per heavy atom. The van der Waals surface area contributed by atoms with E-state index in [4.69, 9.17) is 0 Å². The second-order valence-electron chi connectivity index (χ2n) is 5.55. The van der Waals surface area contributed by atoms with E-state index in [1.54, 1.807) is 0 Å². The average Bonchev–Trinajstić information content (AvgIpc) is 3.00. The summed E-state index contributed by atoms with van der Waals surface area (Å²) in [7, 11) is 0. The number of aliphatic hydroxyl groups excluding tert-OH is 1. The molecule has 4 rings (SSSR count). The van der Waals surface area contributed by atoms with Crippen molar-refractivity contribution in [3.05, 3.63) is 76.4 Å². The lowest BCUT2D eigenvalue weighted by Crippen LogP contribution is -2.10. The molecule has 1 nitrogen and oxygen atoms in total. The highest BCUT2D eigenvalue weighted by atomic mass is 16.3. The minimum Gasteiger partial charge on any atom is -0.388 e. The summed E-state index contributed by atoms with van der Waals surface area (Å²) < 4.78 is 0. The van der Waals surface area contributed by atoms with Gasteiger partial charge in [0, 0.05) is 5.92 Å². The molecule has 2 aromatic carbocycles. The number of aliphatic hydroxyl groups is 1. The van der Waals surface area contributed by atoms with E-state index >= 15 is 0 Å². The molecule has 0 aliphatic heterocycles. The maximum Gasteiger partial charge on any atom is 0.0861 e. The van der Waals surface area contributed by atoms with E-state index in [1.165, 1.54) is 22.3 Å². The molecule has 0 fully saturated rings. The summed E-state index contributed by atoms with van der Waals surface area (Å²) in [6, 6.07) is 16.8. The third-order valence-electron chi connectivity index (χ3n) is 4.46. The molecule has 2 aromatic rings. The van der Waals surface area contributed by atoms with Crippen LogP contribution in [-0.4, -0.2) is 5.11 Å². The Balaban J connectivity index is 1.68. The van der Waals surface area contributed by atoms with Crippen LogP contribution >= 0.6 is 0 Å². The Kier molecular flexibility index (Phi) is 2.36. The molecule has 2 aliphatic carbocycles. The van der Waals surface area contributed by atoms with Crippen molar-refractivity contribution in [2.45, 2.75) is 18.9 Å². The zero-order valence-corrected chi connectivity index (χ0v) is 10.7. The average molecular weight is 248 g/mol. The fourth-order valence-electron chi connectivity index (χ4n) is 3.45. The number of hydrogen-bond acceptors (Lipinski definition) is 1. The summed E-state index contributed by atoms with van der Waals surface area (Å²) in [6.45, 7) is 0. The van der Waals surface area contributed by atoms with Crippen molar-refractivity contribution >= 4 is 6.08 Å². The first-order valence-corrected chi connectivity index (χ1v) is 6.87. The Morgan fingerprint density at radius 2 is 1.63 bits per heavy atom. The van der Waals surface area contributed by atoms with E-state index in [0.717, 1.165) is 18.4 Å². The van der Waals surface area contributed by atoms with Gasteiger partial charge in [-0.15, -0.1) is 0 Å². The van der Waals surface area contributed by atoms with Crippen molar-refractivity contribution in [1.82, 2.24) is 0 Å². The molecule has 2 atom stereocenters. The highest BCUT2D eigenvalue weighted by molar-refractivity contribution is 5.65. The van der Waals surface area contributed by atoms with Crippen molar-refractivity contribution in [2.75, 3.05) is 0 Å². The van der Waals surface area contributed by atoms with Crippen LogP contribution < -0.4 is 0 Å². The van der Waals surface area contributed by atoms with Crippen LogP contribution in [0.15, 0.2) is 54.1 Å². The van der Waals surface area contributed by atoms with Crippen LogP contribution in [0.5, 0.6) is 0 Å². The molecule has 0 amide bonds. The molecule has 2 unspecified atom stereocenters. The fourth-order valence-corrected chi connectivity index (χ4v) is 3.45. The van der Waals surface area contributed by atoms with Gasteiger partial charge in [-0.3, -0.25) is 0 Å². The Morgan fingerprint density at radius 3 is 2.42 bits per heavy atom. The SMILES string of the molecule is OC1c2ccccc2CC1C1=Cc2ccccc2C1. The van der Waals surface area contributed by atoms with Gasteiger partial charge in [0.1, 0.15) is 0 Å². The summed E-state index contributed by atoms with van der Waals surface area (Å²) in [5.74, 6) is 0.254. The molecule has 0 bridgehead atoms. The van der Waals surface area contributed by atoms with Crippen molar-refractivity contribution in [3.8, 4) is 0 Å². The van der Waals surface area contributed by atoms with Gasteiger partial charge in [-0.25, -0.2) is 0 Å². The van der Waals surface area contributed by atoms with Crippen LogP contribution in [0.1, 0.15) is 28.4 Å². The van der Waals surface area contributed by atoms with E-state index in [2.05, 4.69) is 48.5 Å². The van der Waals surface area contributed by atoms with Gasteiger partial charge in [0.05, 0.1) is 6.10 Å². The lowest BCUT2D eigenvalue weighted by molar-refractivity contribution is 0.140. The first-order chi connectivity index (χ1) is 9.33. The smallest absolute Gasteiger partial charge is 0.0861 e. The molecule has 0 spiro atoms. The molecule has 1 heteroatoms. The predicted molar refractivity (Wildman–Crippen MR) is 76.7 cm³/mol. The fraction of sp³-hybridized carbons (Fsp3) is 0.222. The molecular weight excluding hydrogens is 232 g/mol. The molecule has 0 aromatic heterocycles. The van der Waals surface area contributed by atoms with E-state index in [-0.39, 0.29) is 12.0 Å². The lowest BCUT2D eigenvalue weighted by atomic mass is 9.92. The highest BCUT2D eigenvalue weighted by Gasteiger charge is 2.34. The number of benzene rings is 2. The maximum atomic E-state index is 10.5. The standard InChI is InChI=1S/C18H16O/c19-18-16-8-4-3-7-14(16)11-17(18)15-9-12-5-1-2-6-13(12)10-15/h1-9,17-19H,10-11H2. The third kappa shape index (κ3) is 1.66. The van der Waals surface area contributed by atoms with Crippen LogP contribution in [-0.2, 0) is 12.8 Å². The van der Waals surface area contributed by atoms with E-state index < -0.39 is 0 Å². The Bertz CT molecular complexity index is 669. The van der Waals surface area contributed by atoms with Crippen molar-refractivity contribution in [2.24, 2.45) is 5.92 Å². The second kappa shape index (κ2) is 4.07. The zero-order valence-electron chi connectivity index (χ0n) is 10.7. The van der Waals surface area contributed by atoms with Gasteiger partial charge in [0.15, 0.2) is 0 Å². The molecule has 1 N–H and O–H groups in total. The maximum absolute atomic E-state index is 10.5. The molecule has 0 saturated heterocycles. The second-order valence-corrected chi connectivity index (χ2v) is 5.55. The summed E-state index contributed by atoms with van der Waals surface area (Å²) in [5.41, 5.74) is 6.51. The number of hydrogen-bond donors (Lipinski definition) is 1. The zero-order chi connectivity index (χ0) is 12.8. The third-order valence-corrected chi connectivity index (χ3v) is 4.46. The summed E-state index contributed by atoms with van der Waals surface area (Å²) in [5, 5.41) is 10.5. The van der Waals surface area contributed by atoms with Crippen molar-refractivity contribution in [3.63, 3.8) is 0 Å². The molecule has 19 heavy (non-hydrogen) atoms. The quantitative estimate of drug-likeness (QED) is 0.818. The normalized spacial score (nSPS) is 23.9. The number of fused-ring (bicyclic) bond motifs is 2. The van der Waals surface area contributed by atoms with E-state index in [0.29, 0.717) is 0 Å². The molecule has 2 aliphatic rings. The Hall–Kier alpha value is -1.86. The van der Waals surface area contributed by atoms with Gasteiger partial charge in [0.2, 0.25) is 0 Å². The van der Waals surface area contributed by atoms with Gasteiger partial charge in [-0.1, -0.05) is 60.2 Å². The van der Waals surface area contributed by atoms with E-state index in [9.17, 15) is 5.11 Å². The largest absolute Gasteiger partial charge is 0.388 e. The highest BCUT2D eigenvalue weighted by Crippen LogP contribution is 2.43. The summed E-state index contributed by atoms with van der Waals surface area (Å²) in [6.07, 6.45) is 3.90. The van der Waals surface area contributed by atoms with Gasteiger partial charge >= 0.3 is 0 Å². The van der Waals surface area contributed by atoms with Crippen LogP contribution in [0.3, 0.4) is 0 Å². The van der Waals surface area contributed by atoms with Crippen molar-refractivity contribution < 1.29 is 5.11 Å². The molecular formula is C18H16O. The van der Waals surface area contributed by atoms with Gasteiger partial charge < -0.3 is 5.11 Å². The number of rotatable bonds is 1. The summed E-state index contributed by atoms with van der Waals surface area (Å²) in [4.78, 5) is 0. The van der Waals surface area contributed by atoms with Gasteiger partial charge in [-0.05, 0) is 35.1 Å². The summed E-state index contributed by atoms with van der Waals surface area (Å²) >= 11 is 0. The lowest BCUT2D eigenvalue weighted by Gasteiger charge is -2.16. The van der Waals surface area contributed by atoms with Crippen LogP contribution in [0.4, 0.5) is 0 Å². The van der Waals surface area contributed by atoms with Crippen LogP contribution in [0.25, 0.3) is 6.08 Å². The predicted octanol–water partition coefficient (Wildman–Crippen LogP) is 3.53. The Labute approximate surface area is 113 Å². The monoisotopic (exact) mass is 248 g/mol. The minimum absolute atomic E-state index is 0.254. The first kappa shape index (κ1) is 11.0. The molecule has 94 valence electrons. The molecule has 0 heterocycles. The van der Waals surface area contributed by atoms with Gasteiger partial charge in [-0.2, -0.15) is 0 Å². The van der Waals surface area contributed by atoms with E-state index in [1.807, 2.05) is 6.07 Å². The topological polar surface area (TPSA) is 20.2 Å². The van der Waals surface area contributed by atoms with Crippen molar-refractivity contribution in [1.29, 1.82) is 0 Å². The van der Waals surface area contributed by atoms with Crippen LogP contribution in [0.2, 0.25) is 0 Å². The first-order valence-electron chi connectivity index (χ1n) is 6.87. The molecule has 0 saturated carbocycles. The minimum atomic E-state index is -0.336. The molecule has 0 radical (unpaired) electrons. The van der Waals surface area contributed by atoms with Gasteiger partial charge in [0.25, 0.3) is 0 Å².